The van der Waals surface area contributed by atoms with E-state index >= 15 is 0 Å². The molecule has 0 saturated heterocycles. The Morgan fingerprint density at radius 3 is 1.49 bits per heavy atom. The summed E-state index contributed by atoms with van der Waals surface area (Å²) in [6, 6.07) is 6.62. The number of anilines is 2. The van der Waals surface area contributed by atoms with Crippen molar-refractivity contribution < 1.29 is 72.3 Å². The predicted octanol–water partition coefficient (Wildman–Crippen LogP) is -1.37. The van der Waals surface area contributed by atoms with E-state index in [4.69, 9.17) is 0 Å². The topological polar surface area (TPSA) is 201 Å². The molecule has 1 aliphatic carbocycles. The van der Waals surface area contributed by atoms with E-state index in [0.717, 1.165) is 30.5 Å². The van der Waals surface area contributed by atoms with Crippen LogP contribution in [0.1, 0.15) is 24.0 Å². The maximum Gasteiger partial charge on any atom is 1.00 e. The normalized spacial score (nSPS) is 14.9. The summed E-state index contributed by atoms with van der Waals surface area (Å²) in [6.45, 7) is 0. The van der Waals surface area contributed by atoms with Gasteiger partial charge in [0, 0.05) is 11.4 Å². The molecule has 17 heteroatoms. The van der Waals surface area contributed by atoms with Crippen LogP contribution in [0.5, 0.6) is 0 Å². The smallest absolute Gasteiger partial charge is 0.284 e. The van der Waals surface area contributed by atoms with Crippen LogP contribution in [0.4, 0.5) is 11.4 Å². The van der Waals surface area contributed by atoms with Crippen molar-refractivity contribution in [2.24, 2.45) is 0 Å². The van der Waals surface area contributed by atoms with Crippen LogP contribution in [-0.4, -0.2) is 54.3 Å². The van der Waals surface area contributed by atoms with Crippen molar-refractivity contribution in [3.05, 3.63) is 47.5 Å². The van der Waals surface area contributed by atoms with Crippen molar-refractivity contribution in [1.82, 2.24) is 0 Å². The van der Waals surface area contributed by atoms with Crippen LogP contribution in [0.25, 0.3) is 12.2 Å². The third-order valence-corrected chi connectivity index (χ3v) is 8.85. The van der Waals surface area contributed by atoms with E-state index in [2.05, 4.69) is 9.44 Å². The minimum Gasteiger partial charge on any atom is -0.284 e. The molecule has 2 aromatic carbocycles. The van der Waals surface area contributed by atoms with Crippen LogP contribution in [-0.2, 0) is 40.3 Å². The Morgan fingerprint density at radius 1 is 0.743 bits per heavy atom. The van der Waals surface area contributed by atoms with Gasteiger partial charge in [-0.2, -0.15) is 16.8 Å². The fourth-order valence-electron chi connectivity index (χ4n) is 2.94. The van der Waals surface area contributed by atoms with Gasteiger partial charge in [0.05, 0.1) is 11.5 Å². The minimum atomic E-state index is -4.82. The molecule has 0 atom stereocenters. The molecule has 0 radical (unpaired) electrons. The van der Waals surface area contributed by atoms with Crippen LogP contribution >= 0.6 is 0 Å². The van der Waals surface area contributed by atoms with Gasteiger partial charge in [-0.05, 0) is 48.2 Å². The van der Waals surface area contributed by atoms with Crippen LogP contribution < -0.4 is 39.0 Å². The molecular formula is C18H20N2NaO10S4+. The van der Waals surface area contributed by atoms with Gasteiger partial charge in [-0.3, -0.25) is 18.5 Å². The van der Waals surface area contributed by atoms with Crippen LogP contribution in [0.2, 0.25) is 0 Å². The van der Waals surface area contributed by atoms with Crippen LogP contribution in [0, 0.1) is 0 Å². The molecule has 0 amide bonds. The van der Waals surface area contributed by atoms with E-state index in [-0.39, 0.29) is 52.1 Å². The van der Waals surface area contributed by atoms with Gasteiger partial charge in [0.1, 0.15) is 9.79 Å². The fraction of sp³-hybridized carbons (Fsp3) is 0.222. The van der Waals surface area contributed by atoms with Crippen LogP contribution in [0.15, 0.2) is 46.2 Å². The third kappa shape index (κ3) is 8.26. The van der Waals surface area contributed by atoms with Gasteiger partial charge >= 0.3 is 29.6 Å². The molecule has 35 heavy (non-hydrogen) atoms. The molecule has 0 aliphatic heterocycles. The SMILES string of the molecule is CS(=O)(=O)Nc1ccc(/C=C/c2ccc(NS(=O)(=O)C3CC3)cc2S(=O)(=O)O)c(S(=O)(=O)O)c1.[Na+]. The van der Waals surface area contributed by atoms with E-state index in [9.17, 15) is 42.8 Å². The molecule has 0 aromatic heterocycles. The zero-order valence-corrected chi connectivity index (χ0v) is 23.7. The molecule has 0 unspecified atom stereocenters. The average molecular weight is 576 g/mol. The number of benzene rings is 2. The fourth-order valence-corrected chi connectivity index (χ4v) is 6.29. The Kier molecular flexibility index (Phi) is 8.89. The first-order valence-electron chi connectivity index (χ1n) is 9.36. The molecule has 0 bridgehead atoms. The van der Waals surface area contributed by atoms with E-state index < -0.39 is 55.3 Å². The van der Waals surface area contributed by atoms with E-state index in [0.29, 0.717) is 12.8 Å². The number of nitrogens with one attached hydrogen (secondary N) is 2. The number of rotatable bonds is 9. The molecule has 0 heterocycles. The van der Waals surface area contributed by atoms with Gasteiger partial charge < -0.3 is 0 Å². The van der Waals surface area contributed by atoms with Crippen molar-refractivity contribution >= 4 is 63.8 Å². The second-order valence-electron chi connectivity index (χ2n) is 7.51. The zero-order valence-electron chi connectivity index (χ0n) is 18.4. The number of hydrogen-bond donors (Lipinski definition) is 4. The second-order valence-corrected chi connectivity index (χ2v) is 14.0. The van der Waals surface area contributed by atoms with Gasteiger partial charge in [-0.25, -0.2) is 16.8 Å². The largest absolute Gasteiger partial charge is 1.00 e. The molecule has 0 spiro atoms. The summed E-state index contributed by atoms with van der Waals surface area (Å²) in [5.74, 6) is 0. The summed E-state index contributed by atoms with van der Waals surface area (Å²) in [5.41, 5.74) is -0.470. The monoisotopic (exact) mass is 575 g/mol. The first-order valence-corrected chi connectivity index (χ1v) is 15.7. The number of sulfonamides is 2. The van der Waals surface area contributed by atoms with Gasteiger partial charge in [0.25, 0.3) is 20.2 Å². The molecule has 1 saturated carbocycles. The average Bonchev–Trinajstić information content (AvgIpc) is 3.50. The van der Waals surface area contributed by atoms with Crippen molar-refractivity contribution in [2.75, 3.05) is 15.7 Å². The standard InChI is InChI=1S/C18H20N2O10S4.Na/c1-31(21,22)19-14-6-4-12(17(10-14)33(25,26)27)2-3-13-5-7-15(11-18(13)34(28,29)30)20-32(23,24)16-8-9-16;/h2-7,10-11,16,19-20H,8-9H2,1H3,(H,25,26,27)(H,28,29,30);/q;+1/b3-2+;. The Bertz CT molecular complexity index is 1600. The molecule has 4 N–H and O–H groups in total. The van der Waals surface area contributed by atoms with Gasteiger partial charge in [0.15, 0.2) is 0 Å². The Morgan fingerprint density at radius 2 is 1.14 bits per heavy atom. The first-order chi connectivity index (χ1) is 15.5. The summed E-state index contributed by atoms with van der Waals surface area (Å²) in [7, 11) is -17.1. The molecule has 1 fully saturated rings. The third-order valence-electron chi connectivity index (χ3n) is 4.55. The Labute approximate surface area is 225 Å². The van der Waals surface area contributed by atoms with Crippen molar-refractivity contribution in [3.8, 4) is 0 Å². The van der Waals surface area contributed by atoms with E-state index in [1.54, 1.807) is 0 Å². The van der Waals surface area contributed by atoms with Gasteiger partial charge in [0.2, 0.25) is 20.0 Å². The molecule has 3 rings (SSSR count). The quantitative estimate of drug-likeness (QED) is 0.157. The first kappa shape index (κ1) is 29.7. The molecule has 186 valence electrons. The van der Waals surface area contributed by atoms with E-state index in [1.165, 1.54) is 24.3 Å². The molecule has 12 nitrogen and oxygen atoms in total. The summed E-state index contributed by atoms with van der Waals surface area (Å²) >= 11 is 0. The summed E-state index contributed by atoms with van der Waals surface area (Å²) in [4.78, 5) is -1.32. The minimum absolute atomic E-state index is 0. The molecule has 2 aromatic rings. The predicted molar refractivity (Wildman–Crippen MR) is 125 cm³/mol. The van der Waals surface area contributed by atoms with Crippen LogP contribution in [0.3, 0.4) is 0 Å². The second kappa shape index (κ2) is 10.5. The molecule has 1 aliphatic rings. The van der Waals surface area contributed by atoms with Crippen molar-refractivity contribution in [2.45, 2.75) is 27.9 Å². The van der Waals surface area contributed by atoms with Crippen molar-refractivity contribution in [3.63, 3.8) is 0 Å². The maximum absolute atomic E-state index is 12.1. The maximum atomic E-state index is 12.1. The summed E-state index contributed by atoms with van der Waals surface area (Å²) < 4.78 is 118. The molecular weight excluding hydrogens is 555 g/mol. The Balaban J connectivity index is 0.00000432. The summed E-state index contributed by atoms with van der Waals surface area (Å²) in [5, 5.41) is -0.569. The summed E-state index contributed by atoms with van der Waals surface area (Å²) in [6.07, 6.45) is 4.05. The van der Waals surface area contributed by atoms with Crippen molar-refractivity contribution in [1.29, 1.82) is 0 Å². The Hall–Kier alpha value is -1.50. The van der Waals surface area contributed by atoms with Gasteiger partial charge in [-0.1, -0.05) is 24.3 Å². The zero-order chi connectivity index (χ0) is 25.5. The van der Waals surface area contributed by atoms with E-state index in [1.807, 2.05) is 0 Å². The number of hydrogen-bond acceptors (Lipinski definition) is 8. The van der Waals surface area contributed by atoms with Gasteiger partial charge in [-0.15, -0.1) is 0 Å².